The summed E-state index contributed by atoms with van der Waals surface area (Å²) in [7, 11) is 2.02. The van der Waals surface area contributed by atoms with Crippen molar-refractivity contribution in [1.29, 1.82) is 5.26 Å². The van der Waals surface area contributed by atoms with Gasteiger partial charge in [0.2, 0.25) is 0 Å². The first-order valence-electron chi connectivity index (χ1n) is 9.82. The van der Waals surface area contributed by atoms with E-state index in [9.17, 15) is 0 Å². The SMILES string of the molecule is CN(Cc1ccc(-c2nccnc2N)cc1)c1ccc(C#N)cc1.Oc1ccccc1S. The van der Waals surface area contributed by atoms with Gasteiger partial charge in [-0.1, -0.05) is 36.4 Å². The number of phenols is 1. The molecule has 0 unspecified atom stereocenters. The van der Waals surface area contributed by atoms with E-state index >= 15 is 0 Å². The molecule has 7 heteroatoms. The van der Waals surface area contributed by atoms with E-state index in [0.717, 1.165) is 17.8 Å². The normalized spacial score (nSPS) is 9.91. The first-order chi connectivity index (χ1) is 15.5. The average Bonchev–Trinajstić information content (AvgIpc) is 2.82. The lowest BCUT2D eigenvalue weighted by atomic mass is 10.1. The fourth-order valence-corrected chi connectivity index (χ4v) is 3.12. The molecule has 0 fully saturated rings. The van der Waals surface area contributed by atoms with Gasteiger partial charge in [-0.05, 0) is 42.0 Å². The van der Waals surface area contributed by atoms with Gasteiger partial charge in [0.25, 0.3) is 0 Å². The van der Waals surface area contributed by atoms with Crippen LogP contribution in [0.5, 0.6) is 5.75 Å². The minimum Gasteiger partial charge on any atom is -0.507 e. The average molecular weight is 442 g/mol. The molecule has 4 aromatic rings. The topological polar surface area (TPSA) is 99.1 Å². The molecule has 6 nitrogen and oxygen atoms in total. The molecule has 160 valence electrons. The van der Waals surface area contributed by atoms with Crippen LogP contribution in [0.4, 0.5) is 11.5 Å². The Kier molecular flexibility index (Phi) is 7.68. The number of phenolic OH excluding ortho intramolecular Hbond substituents is 1. The molecule has 0 aliphatic heterocycles. The number of nitrogens with two attached hydrogens (primary N) is 1. The summed E-state index contributed by atoms with van der Waals surface area (Å²) in [5, 5.41) is 17.7. The number of nitrogen functional groups attached to an aromatic ring is 1. The van der Waals surface area contributed by atoms with Gasteiger partial charge in [0.15, 0.2) is 0 Å². The number of hydrogen-bond donors (Lipinski definition) is 3. The van der Waals surface area contributed by atoms with Gasteiger partial charge in [0, 0.05) is 42.1 Å². The molecule has 0 aliphatic carbocycles. The number of benzene rings is 3. The van der Waals surface area contributed by atoms with Gasteiger partial charge < -0.3 is 15.7 Å². The number of nitrogens with zero attached hydrogens (tertiary/aromatic N) is 4. The molecule has 0 radical (unpaired) electrons. The molecule has 0 saturated heterocycles. The summed E-state index contributed by atoms with van der Waals surface area (Å²) >= 11 is 3.95. The quantitative estimate of drug-likeness (QED) is 0.389. The van der Waals surface area contributed by atoms with Crippen molar-refractivity contribution in [2.45, 2.75) is 11.4 Å². The van der Waals surface area contributed by atoms with E-state index in [0.29, 0.717) is 22.0 Å². The second kappa shape index (κ2) is 10.8. The highest BCUT2D eigenvalue weighted by Crippen LogP contribution is 2.23. The van der Waals surface area contributed by atoms with Gasteiger partial charge in [-0.3, -0.25) is 4.98 Å². The lowest BCUT2D eigenvalue weighted by Crippen LogP contribution is -2.16. The van der Waals surface area contributed by atoms with Crippen LogP contribution in [0.15, 0.2) is 90.1 Å². The van der Waals surface area contributed by atoms with Crippen molar-refractivity contribution in [2.75, 3.05) is 17.7 Å². The third kappa shape index (κ3) is 6.00. The molecule has 0 amide bonds. The molecule has 0 aliphatic rings. The molecule has 3 N–H and O–H groups in total. The number of hydrogen-bond acceptors (Lipinski definition) is 7. The van der Waals surface area contributed by atoms with Crippen LogP contribution >= 0.6 is 12.6 Å². The van der Waals surface area contributed by atoms with Crippen molar-refractivity contribution in [2.24, 2.45) is 0 Å². The van der Waals surface area contributed by atoms with Crippen LogP contribution in [0, 0.1) is 11.3 Å². The third-order valence-corrected chi connectivity index (χ3v) is 5.07. The Hall–Kier alpha value is -4.02. The van der Waals surface area contributed by atoms with Crippen molar-refractivity contribution in [3.05, 3.63) is 96.3 Å². The second-order valence-corrected chi connectivity index (χ2v) is 7.47. The van der Waals surface area contributed by atoms with Gasteiger partial charge in [-0.2, -0.15) is 5.26 Å². The number of aromatic hydroxyl groups is 1. The van der Waals surface area contributed by atoms with E-state index < -0.39 is 0 Å². The Morgan fingerprint density at radius 1 is 0.969 bits per heavy atom. The number of anilines is 2. The van der Waals surface area contributed by atoms with Crippen LogP contribution in [-0.2, 0) is 6.54 Å². The largest absolute Gasteiger partial charge is 0.507 e. The first-order valence-corrected chi connectivity index (χ1v) is 10.3. The van der Waals surface area contributed by atoms with E-state index in [4.69, 9.17) is 16.1 Å². The van der Waals surface area contributed by atoms with Gasteiger partial charge in [0.1, 0.15) is 17.3 Å². The molecule has 0 spiro atoms. The highest BCUT2D eigenvalue weighted by molar-refractivity contribution is 7.80. The van der Waals surface area contributed by atoms with Crippen LogP contribution in [0.25, 0.3) is 11.3 Å². The minimum absolute atomic E-state index is 0.232. The molecule has 4 rings (SSSR count). The number of aromatic nitrogens is 2. The zero-order chi connectivity index (χ0) is 22.9. The Bertz CT molecular complexity index is 1180. The smallest absolute Gasteiger partial charge is 0.149 e. The number of rotatable bonds is 4. The minimum atomic E-state index is 0.232. The molecule has 1 heterocycles. The molecular weight excluding hydrogens is 418 g/mol. The van der Waals surface area contributed by atoms with Gasteiger partial charge in [-0.15, -0.1) is 12.6 Å². The zero-order valence-electron chi connectivity index (χ0n) is 17.6. The molecule has 32 heavy (non-hydrogen) atoms. The fourth-order valence-electron chi connectivity index (χ4n) is 2.96. The Morgan fingerprint density at radius 2 is 1.62 bits per heavy atom. The molecule has 3 aromatic carbocycles. The van der Waals surface area contributed by atoms with E-state index in [1.54, 1.807) is 30.6 Å². The van der Waals surface area contributed by atoms with Crippen molar-refractivity contribution >= 4 is 24.1 Å². The molecule has 1 aromatic heterocycles. The second-order valence-electron chi connectivity index (χ2n) is 6.99. The van der Waals surface area contributed by atoms with E-state index in [1.807, 2.05) is 49.5 Å². The van der Waals surface area contributed by atoms with Crippen molar-refractivity contribution in [3.63, 3.8) is 0 Å². The lowest BCUT2D eigenvalue weighted by Gasteiger charge is -2.19. The molecular formula is C25H23N5OS. The molecule has 0 saturated carbocycles. The fraction of sp³-hybridized carbons (Fsp3) is 0.0800. The summed E-state index contributed by atoms with van der Waals surface area (Å²) in [6.45, 7) is 0.766. The zero-order valence-corrected chi connectivity index (χ0v) is 18.4. The maximum absolute atomic E-state index is 8.86. The number of nitriles is 1. The van der Waals surface area contributed by atoms with Crippen molar-refractivity contribution < 1.29 is 5.11 Å². The predicted molar refractivity (Wildman–Crippen MR) is 131 cm³/mol. The first kappa shape index (κ1) is 22.7. The van der Waals surface area contributed by atoms with Crippen molar-refractivity contribution in [3.8, 4) is 23.1 Å². The number of para-hydroxylation sites is 1. The van der Waals surface area contributed by atoms with Crippen LogP contribution in [0.1, 0.15) is 11.1 Å². The summed E-state index contributed by atoms with van der Waals surface area (Å²) in [6.07, 6.45) is 3.22. The Balaban J connectivity index is 0.000000305. The highest BCUT2D eigenvalue weighted by Gasteiger charge is 2.06. The maximum Gasteiger partial charge on any atom is 0.149 e. The summed E-state index contributed by atoms with van der Waals surface area (Å²) < 4.78 is 0. The van der Waals surface area contributed by atoms with Gasteiger partial charge in [-0.25, -0.2) is 4.98 Å². The summed E-state index contributed by atoms with van der Waals surface area (Å²) in [5.74, 6) is 0.663. The molecule has 0 atom stereocenters. The lowest BCUT2D eigenvalue weighted by molar-refractivity contribution is 0.463. The monoisotopic (exact) mass is 441 g/mol. The summed E-state index contributed by atoms with van der Waals surface area (Å²) in [4.78, 5) is 11.1. The highest BCUT2D eigenvalue weighted by atomic mass is 32.1. The standard InChI is InChI=1S/C19H17N5.C6H6OS/c1-24(17-8-4-14(12-20)5-9-17)13-15-2-6-16(7-3-15)18-19(21)23-11-10-22-18;7-5-3-1-2-4-6(5)8/h2-11H,13H2,1H3,(H2,21,23);1-4,7-8H. The van der Waals surface area contributed by atoms with Gasteiger partial charge >= 0.3 is 0 Å². The third-order valence-electron chi connectivity index (χ3n) is 4.69. The van der Waals surface area contributed by atoms with Crippen LogP contribution in [0.3, 0.4) is 0 Å². The summed E-state index contributed by atoms with van der Waals surface area (Å²) in [6, 6.07) is 24.7. The predicted octanol–water partition coefficient (Wildman–Crippen LogP) is 4.91. The van der Waals surface area contributed by atoms with Gasteiger partial charge in [0.05, 0.1) is 11.6 Å². The van der Waals surface area contributed by atoms with Crippen LogP contribution in [0.2, 0.25) is 0 Å². The summed E-state index contributed by atoms with van der Waals surface area (Å²) in [5.41, 5.74) is 10.4. The number of thiol groups is 1. The maximum atomic E-state index is 8.86. The van der Waals surface area contributed by atoms with Crippen molar-refractivity contribution in [1.82, 2.24) is 9.97 Å². The van der Waals surface area contributed by atoms with E-state index in [-0.39, 0.29) is 5.75 Å². The van der Waals surface area contributed by atoms with E-state index in [2.05, 4.69) is 45.7 Å². The molecule has 0 bridgehead atoms. The Morgan fingerprint density at radius 3 is 2.19 bits per heavy atom. The van der Waals surface area contributed by atoms with E-state index in [1.165, 1.54) is 5.56 Å². The van der Waals surface area contributed by atoms with Crippen LogP contribution < -0.4 is 10.6 Å². The Labute approximate surface area is 193 Å². The van der Waals surface area contributed by atoms with Crippen LogP contribution in [-0.4, -0.2) is 22.1 Å².